The van der Waals surface area contributed by atoms with Crippen molar-refractivity contribution in [2.45, 2.75) is 30.6 Å². The molecular formula is C27H37N3O9. The minimum atomic E-state index is -1.18. The molecule has 0 spiro atoms. The van der Waals surface area contributed by atoms with Crippen LogP contribution in [0.1, 0.15) is 28.3 Å². The second-order valence-corrected chi connectivity index (χ2v) is 9.69. The summed E-state index contributed by atoms with van der Waals surface area (Å²) in [6.07, 6.45) is 0.296. The van der Waals surface area contributed by atoms with Crippen LogP contribution in [0.15, 0.2) is 23.8 Å². The average Bonchev–Trinajstić information content (AvgIpc) is 3.35. The second-order valence-electron chi connectivity index (χ2n) is 9.69. The molecule has 4 atom stereocenters. The van der Waals surface area contributed by atoms with E-state index < -0.39 is 30.1 Å². The number of nitrogens with one attached hydrogen (secondary N) is 1. The molecule has 0 aromatic heterocycles. The van der Waals surface area contributed by atoms with E-state index in [-0.39, 0.29) is 37.7 Å². The average molecular weight is 548 g/mol. The number of aliphatic hydroxyl groups is 2. The van der Waals surface area contributed by atoms with Crippen LogP contribution in [0.2, 0.25) is 0 Å². The normalized spacial score (nSPS) is 24.2. The van der Waals surface area contributed by atoms with Gasteiger partial charge in [-0.15, -0.1) is 0 Å². The third-order valence-electron chi connectivity index (χ3n) is 7.37. The molecule has 1 fully saturated rings. The fourth-order valence-corrected chi connectivity index (χ4v) is 5.41. The topological polar surface area (TPSA) is 147 Å². The Morgan fingerprint density at radius 2 is 2.03 bits per heavy atom. The maximum atomic E-state index is 13.4. The van der Waals surface area contributed by atoms with E-state index in [1.807, 2.05) is 0 Å². The van der Waals surface area contributed by atoms with Crippen molar-refractivity contribution in [3.63, 3.8) is 0 Å². The molecule has 4 rings (SSSR count). The van der Waals surface area contributed by atoms with Gasteiger partial charge in [-0.25, -0.2) is 0 Å². The number of nitrogens with zero attached hydrogens (tertiary/aromatic N) is 2. The molecule has 12 nitrogen and oxygen atoms in total. The Bertz CT molecular complexity index is 1070. The standard InChI is InChI=1S/C27H37N3O9/c1-36-10-3-22(33)30(6-5-29-7-11-38-12-8-29)20-15-19(27(35)28-4-9-31)23-18-13-17(16-32)14-21(37-2)25(18)39-26(23)24(20)34/h13-16,20,23-24,26,31,34H,3-12H2,1-2H3,(H,28,35)/t20-,23+,24+,26+/m1/s1. The van der Waals surface area contributed by atoms with Crippen molar-refractivity contribution in [1.82, 2.24) is 15.1 Å². The molecule has 214 valence electrons. The zero-order chi connectivity index (χ0) is 27.9. The molecule has 2 amide bonds. The maximum Gasteiger partial charge on any atom is 0.247 e. The van der Waals surface area contributed by atoms with Crippen LogP contribution >= 0.6 is 0 Å². The van der Waals surface area contributed by atoms with E-state index in [0.29, 0.717) is 55.2 Å². The number of morpholine rings is 1. The van der Waals surface area contributed by atoms with Crippen molar-refractivity contribution in [2.24, 2.45) is 0 Å². The van der Waals surface area contributed by atoms with Gasteiger partial charge in [0.2, 0.25) is 11.8 Å². The minimum absolute atomic E-state index is 0.0275. The summed E-state index contributed by atoms with van der Waals surface area (Å²) in [5, 5.41) is 23.6. The van der Waals surface area contributed by atoms with E-state index in [2.05, 4.69) is 10.2 Å². The van der Waals surface area contributed by atoms with Gasteiger partial charge in [0.1, 0.15) is 18.5 Å². The Balaban J connectivity index is 1.72. The third-order valence-corrected chi connectivity index (χ3v) is 7.37. The van der Waals surface area contributed by atoms with Crippen LogP contribution < -0.4 is 14.8 Å². The maximum absolute atomic E-state index is 13.4. The van der Waals surface area contributed by atoms with Crippen LogP contribution in [0, 0.1) is 0 Å². The summed E-state index contributed by atoms with van der Waals surface area (Å²) in [6.45, 7) is 3.56. The molecule has 0 bridgehead atoms. The van der Waals surface area contributed by atoms with Gasteiger partial charge in [0, 0.05) is 56.5 Å². The molecule has 2 heterocycles. The number of fused-ring (bicyclic) bond motifs is 3. The number of hydrogen-bond acceptors (Lipinski definition) is 10. The van der Waals surface area contributed by atoms with Crippen molar-refractivity contribution >= 4 is 18.1 Å². The number of ether oxygens (including phenoxy) is 4. The van der Waals surface area contributed by atoms with Gasteiger partial charge < -0.3 is 39.4 Å². The van der Waals surface area contributed by atoms with Crippen molar-refractivity contribution < 1.29 is 43.5 Å². The lowest BCUT2D eigenvalue weighted by molar-refractivity contribution is -0.138. The van der Waals surface area contributed by atoms with E-state index in [0.717, 1.165) is 13.1 Å². The summed E-state index contributed by atoms with van der Waals surface area (Å²) in [5.41, 5.74) is 1.15. The summed E-state index contributed by atoms with van der Waals surface area (Å²) in [6, 6.07) is 2.29. The molecule has 2 aliphatic heterocycles. The molecule has 12 heteroatoms. The van der Waals surface area contributed by atoms with E-state index in [1.165, 1.54) is 20.3 Å². The summed E-state index contributed by atoms with van der Waals surface area (Å²) >= 11 is 0. The molecule has 0 saturated carbocycles. The predicted molar refractivity (Wildman–Crippen MR) is 139 cm³/mol. The molecule has 1 aromatic rings. The Labute approximate surface area is 227 Å². The first-order valence-electron chi connectivity index (χ1n) is 13.1. The molecule has 1 saturated heterocycles. The summed E-state index contributed by atoms with van der Waals surface area (Å²) < 4.78 is 22.2. The first-order chi connectivity index (χ1) is 18.9. The van der Waals surface area contributed by atoms with Crippen LogP contribution in [0.3, 0.4) is 0 Å². The molecule has 0 radical (unpaired) electrons. The van der Waals surface area contributed by atoms with Crippen molar-refractivity contribution in [3.05, 3.63) is 34.9 Å². The lowest BCUT2D eigenvalue weighted by atomic mass is 9.77. The van der Waals surface area contributed by atoms with Gasteiger partial charge in [-0.1, -0.05) is 0 Å². The van der Waals surface area contributed by atoms with E-state index in [1.54, 1.807) is 17.0 Å². The van der Waals surface area contributed by atoms with Crippen molar-refractivity contribution in [1.29, 1.82) is 0 Å². The highest BCUT2D eigenvalue weighted by atomic mass is 16.5. The van der Waals surface area contributed by atoms with Gasteiger partial charge in [-0.05, 0) is 18.2 Å². The molecule has 39 heavy (non-hydrogen) atoms. The zero-order valence-electron chi connectivity index (χ0n) is 22.3. The fraction of sp³-hybridized carbons (Fsp3) is 0.593. The number of carbonyl (C=O) groups is 3. The fourth-order valence-electron chi connectivity index (χ4n) is 5.41. The Morgan fingerprint density at radius 3 is 2.69 bits per heavy atom. The number of aldehydes is 1. The van der Waals surface area contributed by atoms with Crippen LogP contribution in [0.25, 0.3) is 0 Å². The number of rotatable bonds is 12. The minimum Gasteiger partial charge on any atom is -0.493 e. The third kappa shape index (κ3) is 6.25. The van der Waals surface area contributed by atoms with Gasteiger partial charge >= 0.3 is 0 Å². The van der Waals surface area contributed by atoms with Crippen molar-refractivity contribution in [3.8, 4) is 11.5 Å². The van der Waals surface area contributed by atoms with Gasteiger partial charge in [0.05, 0.1) is 51.9 Å². The first-order valence-corrected chi connectivity index (χ1v) is 13.1. The number of methoxy groups -OCH3 is 2. The number of aliphatic hydroxyl groups excluding tert-OH is 2. The lowest BCUT2D eigenvalue weighted by Crippen LogP contribution is -2.57. The van der Waals surface area contributed by atoms with Gasteiger partial charge in [0.25, 0.3) is 0 Å². The van der Waals surface area contributed by atoms with E-state index >= 15 is 0 Å². The number of carbonyl (C=O) groups excluding carboxylic acids is 3. The van der Waals surface area contributed by atoms with Crippen LogP contribution in [0.5, 0.6) is 11.5 Å². The van der Waals surface area contributed by atoms with Crippen LogP contribution in [-0.4, -0.2) is 130 Å². The van der Waals surface area contributed by atoms with E-state index in [4.69, 9.17) is 18.9 Å². The largest absolute Gasteiger partial charge is 0.493 e. The highest BCUT2D eigenvalue weighted by molar-refractivity contribution is 5.96. The number of hydrogen-bond donors (Lipinski definition) is 3. The van der Waals surface area contributed by atoms with E-state index in [9.17, 15) is 24.6 Å². The molecular weight excluding hydrogens is 510 g/mol. The zero-order valence-corrected chi connectivity index (χ0v) is 22.3. The van der Waals surface area contributed by atoms with Gasteiger partial charge in [-0.2, -0.15) is 0 Å². The Morgan fingerprint density at radius 1 is 1.26 bits per heavy atom. The quantitative estimate of drug-likeness (QED) is 0.288. The van der Waals surface area contributed by atoms with Gasteiger partial charge in [0.15, 0.2) is 11.5 Å². The molecule has 3 aliphatic rings. The molecule has 3 N–H and O–H groups in total. The second kappa shape index (κ2) is 13.4. The lowest BCUT2D eigenvalue weighted by Gasteiger charge is -2.41. The summed E-state index contributed by atoms with van der Waals surface area (Å²) in [7, 11) is 2.96. The Kier molecular flexibility index (Phi) is 9.92. The van der Waals surface area contributed by atoms with Crippen molar-refractivity contribution in [2.75, 3.05) is 73.4 Å². The summed E-state index contributed by atoms with van der Waals surface area (Å²) in [4.78, 5) is 42.1. The van der Waals surface area contributed by atoms with Gasteiger partial charge in [-0.3, -0.25) is 19.3 Å². The molecule has 1 aliphatic carbocycles. The highest BCUT2D eigenvalue weighted by Crippen LogP contribution is 2.51. The number of amides is 2. The molecule has 0 unspecified atom stereocenters. The predicted octanol–water partition coefficient (Wildman–Crippen LogP) is -0.672. The Hall–Kier alpha value is -3.03. The van der Waals surface area contributed by atoms with Crippen LogP contribution in [-0.2, 0) is 19.1 Å². The highest BCUT2D eigenvalue weighted by Gasteiger charge is 2.51. The summed E-state index contributed by atoms with van der Waals surface area (Å²) in [5.74, 6) is -0.753. The number of benzene rings is 1. The monoisotopic (exact) mass is 547 g/mol. The molecule has 1 aromatic carbocycles. The van der Waals surface area contributed by atoms with Crippen LogP contribution in [0.4, 0.5) is 0 Å². The SMILES string of the molecule is COCCC(=O)N(CCN1CCOCC1)[C@@H]1C=C(C(=O)NCCO)[C@@H]2c3cc(C=O)cc(OC)c3O[C@@H]2[C@H]1O. The first kappa shape index (κ1) is 29.0. The smallest absolute Gasteiger partial charge is 0.247 e.